The Labute approximate surface area is 298 Å². The first kappa shape index (κ1) is 27.0. The lowest BCUT2D eigenvalue weighted by molar-refractivity contribution is 0.465. The molecule has 6 heterocycles. The van der Waals surface area contributed by atoms with Gasteiger partial charge in [0.25, 0.3) is 13.4 Å². The molecule has 7 aromatic carbocycles. The number of benzene rings is 7. The van der Waals surface area contributed by atoms with Crippen molar-refractivity contribution < 1.29 is 9.47 Å². The summed E-state index contributed by atoms with van der Waals surface area (Å²) in [5, 5.41) is 0. The van der Waals surface area contributed by atoms with Gasteiger partial charge >= 0.3 is 0 Å². The number of nitrogens with zero attached hydrogens (tertiary/aromatic N) is 4. The van der Waals surface area contributed by atoms with Crippen molar-refractivity contribution in [2.45, 2.75) is 0 Å². The van der Waals surface area contributed by atoms with Gasteiger partial charge in [0.05, 0.1) is 22.1 Å². The highest BCUT2D eigenvalue weighted by Crippen LogP contribution is 2.39. The first-order valence-electron chi connectivity index (χ1n) is 17.7. The second-order valence-electron chi connectivity index (χ2n) is 14.1. The number of hydrogen-bond acceptors (Lipinski definition) is 4. The largest absolute Gasteiger partial charge is 0.458 e. The summed E-state index contributed by atoms with van der Waals surface area (Å²) in [7, 11) is 0. The van der Waals surface area contributed by atoms with Gasteiger partial charge in [-0.1, -0.05) is 103 Å². The van der Waals surface area contributed by atoms with Crippen molar-refractivity contribution in [3.05, 3.63) is 146 Å². The Morgan fingerprint density at radius 3 is 1.35 bits per heavy atom. The summed E-state index contributed by atoms with van der Waals surface area (Å²) in [6.45, 7) is -0.0778. The van der Waals surface area contributed by atoms with Gasteiger partial charge in [-0.2, -0.15) is 0 Å². The SMILES string of the molecule is c1ccc(-c2nc3cccc4c3n2-c2cccc3c2B4c2cc4c(cc2O3)Oc2cccc3c2B4c2cccc4nc(-c5ccccc5)n-3c24)cc1. The van der Waals surface area contributed by atoms with Crippen LogP contribution in [0.15, 0.2) is 146 Å². The Kier molecular flexibility index (Phi) is 4.93. The molecule has 6 nitrogen and oxygen atoms in total. The van der Waals surface area contributed by atoms with Crippen molar-refractivity contribution in [1.82, 2.24) is 19.1 Å². The predicted octanol–water partition coefficient (Wildman–Crippen LogP) is 5.57. The molecule has 13 rings (SSSR count). The minimum absolute atomic E-state index is 0.0389. The van der Waals surface area contributed by atoms with Crippen LogP contribution in [-0.4, -0.2) is 32.5 Å². The standard InChI is InChI=1S/C44H24B2N4O2/c1-3-11-25(12-4-1)43-47-31-17-7-15-27-41(31)49(43)33-19-9-21-35-39(33)45(27)29-23-30-38(24-37(29)51-35)52-36-22-10-20-34-40(36)46(30)28-16-8-18-32-42(28)50(34)44(48-32)26-13-5-2-6-14-26/h1-24H. The van der Waals surface area contributed by atoms with Crippen LogP contribution in [0.25, 0.3) is 56.2 Å². The summed E-state index contributed by atoms with van der Waals surface area (Å²) >= 11 is 0. The zero-order valence-electron chi connectivity index (χ0n) is 27.6. The fourth-order valence-corrected chi connectivity index (χ4v) is 9.43. The monoisotopic (exact) mass is 662 g/mol. The van der Waals surface area contributed by atoms with E-state index >= 15 is 0 Å². The van der Waals surface area contributed by atoms with Crippen LogP contribution in [0, 0.1) is 0 Å². The summed E-state index contributed by atoms with van der Waals surface area (Å²) in [6, 6.07) is 51.3. The Balaban J connectivity index is 1.07. The average Bonchev–Trinajstić information content (AvgIpc) is 3.79. The molecule has 4 aliphatic heterocycles. The zero-order valence-corrected chi connectivity index (χ0v) is 27.6. The molecule has 2 aromatic heterocycles. The minimum Gasteiger partial charge on any atom is -0.458 e. The summed E-state index contributed by atoms with van der Waals surface area (Å²) in [5.41, 5.74) is 15.7. The predicted molar refractivity (Wildman–Crippen MR) is 209 cm³/mol. The molecule has 238 valence electrons. The Morgan fingerprint density at radius 2 is 0.865 bits per heavy atom. The van der Waals surface area contributed by atoms with E-state index in [0.29, 0.717) is 0 Å². The molecule has 4 aliphatic rings. The second-order valence-corrected chi connectivity index (χ2v) is 14.1. The number of rotatable bonds is 2. The van der Waals surface area contributed by atoms with Gasteiger partial charge in [0.1, 0.15) is 34.6 Å². The van der Waals surface area contributed by atoms with Gasteiger partial charge in [-0.25, -0.2) is 9.97 Å². The molecule has 0 radical (unpaired) electrons. The first-order valence-corrected chi connectivity index (χ1v) is 17.7. The van der Waals surface area contributed by atoms with Crippen LogP contribution in [0.4, 0.5) is 0 Å². The van der Waals surface area contributed by atoms with Gasteiger partial charge in [0.2, 0.25) is 0 Å². The Bertz CT molecular complexity index is 2840. The van der Waals surface area contributed by atoms with Crippen molar-refractivity contribution >= 4 is 68.3 Å². The topological polar surface area (TPSA) is 54.1 Å². The van der Waals surface area contributed by atoms with Gasteiger partial charge in [-0.05, 0) is 69.2 Å². The van der Waals surface area contributed by atoms with E-state index in [1.54, 1.807) is 0 Å². The van der Waals surface area contributed by atoms with Crippen molar-refractivity contribution in [3.8, 4) is 57.1 Å². The van der Waals surface area contributed by atoms with E-state index < -0.39 is 0 Å². The lowest BCUT2D eigenvalue weighted by Crippen LogP contribution is -2.62. The number of hydrogen-bond donors (Lipinski definition) is 0. The van der Waals surface area contributed by atoms with Crippen LogP contribution in [0.2, 0.25) is 0 Å². The van der Waals surface area contributed by atoms with E-state index in [2.05, 4.69) is 143 Å². The average molecular weight is 662 g/mol. The highest BCUT2D eigenvalue weighted by Gasteiger charge is 2.45. The molecule has 0 spiro atoms. The molecule has 0 N–H and O–H groups in total. The molecule has 0 saturated carbocycles. The minimum atomic E-state index is -0.0389. The van der Waals surface area contributed by atoms with Crippen molar-refractivity contribution in [2.24, 2.45) is 0 Å². The van der Waals surface area contributed by atoms with Crippen LogP contribution in [0.1, 0.15) is 0 Å². The van der Waals surface area contributed by atoms with E-state index in [1.165, 1.54) is 21.9 Å². The lowest BCUT2D eigenvalue weighted by Gasteiger charge is -2.36. The highest BCUT2D eigenvalue weighted by molar-refractivity contribution is 7.01. The number of imidazole rings is 2. The number of fused-ring (bicyclic) bond motifs is 8. The maximum atomic E-state index is 6.86. The van der Waals surface area contributed by atoms with Crippen molar-refractivity contribution in [1.29, 1.82) is 0 Å². The molecular formula is C44H24B2N4O2. The van der Waals surface area contributed by atoms with Crippen LogP contribution in [0.3, 0.4) is 0 Å². The summed E-state index contributed by atoms with van der Waals surface area (Å²) < 4.78 is 18.4. The number of ether oxygens (including phenoxy) is 2. The van der Waals surface area contributed by atoms with E-state index in [0.717, 1.165) is 90.1 Å². The van der Waals surface area contributed by atoms with Crippen LogP contribution in [0.5, 0.6) is 23.0 Å². The third-order valence-electron chi connectivity index (χ3n) is 11.5. The third kappa shape index (κ3) is 3.28. The smallest absolute Gasteiger partial charge is 0.256 e. The van der Waals surface area contributed by atoms with Crippen LogP contribution < -0.4 is 42.3 Å². The molecule has 0 aliphatic carbocycles. The lowest BCUT2D eigenvalue weighted by atomic mass is 9.31. The summed E-state index contributed by atoms with van der Waals surface area (Å²) in [5.74, 6) is 5.25. The van der Waals surface area contributed by atoms with Crippen molar-refractivity contribution in [2.75, 3.05) is 0 Å². The maximum absolute atomic E-state index is 6.86. The fraction of sp³-hybridized carbons (Fsp3) is 0. The number of aromatic nitrogens is 4. The third-order valence-corrected chi connectivity index (χ3v) is 11.5. The quantitative estimate of drug-likeness (QED) is 0.228. The van der Waals surface area contributed by atoms with Gasteiger partial charge in [-0.15, -0.1) is 0 Å². The molecule has 0 saturated heterocycles. The van der Waals surface area contributed by atoms with Crippen LogP contribution in [-0.2, 0) is 0 Å². The first-order chi connectivity index (χ1) is 25.8. The molecule has 9 aromatic rings. The molecule has 0 amide bonds. The number of para-hydroxylation sites is 2. The van der Waals surface area contributed by atoms with Gasteiger partial charge < -0.3 is 9.47 Å². The molecule has 0 atom stereocenters. The van der Waals surface area contributed by atoms with Gasteiger partial charge in [0, 0.05) is 28.6 Å². The molecule has 8 heteroatoms. The summed E-state index contributed by atoms with van der Waals surface area (Å²) in [6.07, 6.45) is 0. The molecule has 52 heavy (non-hydrogen) atoms. The Morgan fingerprint density at radius 1 is 0.404 bits per heavy atom. The van der Waals surface area contributed by atoms with Gasteiger partial charge in [-0.3, -0.25) is 9.13 Å². The molecule has 0 unspecified atom stereocenters. The zero-order chi connectivity index (χ0) is 33.7. The highest BCUT2D eigenvalue weighted by atomic mass is 16.5. The van der Waals surface area contributed by atoms with Crippen molar-refractivity contribution in [3.63, 3.8) is 0 Å². The molecular weight excluding hydrogens is 638 g/mol. The van der Waals surface area contributed by atoms with E-state index in [-0.39, 0.29) is 13.4 Å². The van der Waals surface area contributed by atoms with E-state index in [9.17, 15) is 0 Å². The molecule has 0 bridgehead atoms. The fourth-order valence-electron chi connectivity index (χ4n) is 9.43. The van der Waals surface area contributed by atoms with E-state index in [4.69, 9.17) is 19.4 Å². The van der Waals surface area contributed by atoms with E-state index in [1.807, 2.05) is 12.1 Å². The maximum Gasteiger partial charge on any atom is 0.256 e. The Hall–Kier alpha value is -6.79. The normalized spacial score (nSPS) is 13.6. The van der Waals surface area contributed by atoms with Gasteiger partial charge in [0.15, 0.2) is 0 Å². The summed E-state index contributed by atoms with van der Waals surface area (Å²) in [4.78, 5) is 10.5. The van der Waals surface area contributed by atoms with Crippen LogP contribution >= 0.6 is 0 Å². The molecule has 0 fully saturated rings. The second kappa shape index (κ2) is 9.50.